The number of sulfonamides is 1. The van der Waals surface area contributed by atoms with Gasteiger partial charge in [-0.3, -0.25) is 0 Å². The van der Waals surface area contributed by atoms with Crippen LogP contribution in [0.25, 0.3) is 0 Å². The van der Waals surface area contributed by atoms with Crippen molar-refractivity contribution in [2.75, 3.05) is 20.3 Å². The topological polar surface area (TPSA) is 99.4 Å². The predicted molar refractivity (Wildman–Crippen MR) is 69.0 cm³/mol. The van der Waals surface area contributed by atoms with E-state index in [1.165, 1.54) is 25.3 Å². The Bertz CT molecular complexity index is 578. The van der Waals surface area contributed by atoms with Gasteiger partial charge in [-0.2, -0.15) is 5.26 Å². The van der Waals surface area contributed by atoms with E-state index in [1.807, 2.05) is 6.07 Å². The number of aryl methyl sites for hydroxylation is 1. The molecule has 0 fully saturated rings. The molecule has 1 unspecified atom stereocenters. The van der Waals surface area contributed by atoms with Crippen LogP contribution in [0.5, 0.6) is 0 Å². The van der Waals surface area contributed by atoms with Gasteiger partial charge < -0.3 is 9.84 Å². The average Bonchev–Trinajstić information content (AvgIpc) is 2.37. The largest absolute Gasteiger partial charge is 0.389 e. The molecule has 0 aliphatic carbocycles. The van der Waals surface area contributed by atoms with Gasteiger partial charge in [0.05, 0.1) is 29.2 Å². The number of aliphatic hydroxyl groups is 1. The first-order chi connectivity index (χ1) is 8.90. The van der Waals surface area contributed by atoms with Crippen molar-refractivity contribution in [3.05, 3.63) is 29.3 Å². The van der Waals surface area contributed by atoms with Crippen LogP contribution in [0.15, 0.2) is 23.1 Å². The normalized spacial score (nSPS) is 12.9. The summed E-state index contributed by atoms with van der Waals surface area (Å²) in [5, 5.41) is 18.2. The third-order valence-electron chi connectivity index (χ3n) is 2.50. The number of aliphatic hydroxyl groups excluding tert-OH is 1. The molecule has 0 amide bonds. The van der Waals surface area contributed by atoms with E-state index in [0.29, 0.717) is 11.1 Å². The number of hydrogen-bond acceptors (Lipinski definition) is 5. The van der Waals surface area contributed by atoms with Gasteiger partial charge in [-0.25, -0.2) is 13.1 Å². The van der Waals surface area contributed by atoms with E-state index in [4.69, 9.17) is 10.00 Å². The lowest BCUT2D eigenvalue weighted by Gasteiger charge is -2.11. The molecule has 1 aromatic carbocycles. The van der Waals surface area contributed by atoms with Crippen molar-refractivity contribution in [1.82, 2.24) is 4.72 Å². The SMILES string of the molecule is COCC(O)CNS(=O)(=O)c1ccc(C#N)c(C)c1. The van der Waals surface area contributed by atoms with Crippen LogP contribution in [0.1, 0.15) is 11.1 Å². The van der Waals surface area contributed by atoms with Crippen molar-refractivity contribution in [3.8, 4) is 6.07 Å². The molecule has 0 aromatic heterocycles. The molecule has 0 saturated carbocycles. The maximum atomic E-state index is 11.9. The highest BCUT2D eigenvalue weighted by atomic mass is 32.2. The lowest BCUT2D eigenvalue weighted by Crippen LogP contribution is -2.34. The average molecular weight is 284 g/mol. The summed E-state index contributed by atoms with van der Waals surface area (Å²) in [4.78, 5) is 0.0635. The number of benzene rings is 1. The first-order valence-electron chi connectivity index (χ1n) is 5.58. The lowest BCUT2D eigenvalue weighted by molar-refractivity contribution is 0.0679. The van der Waals surface area contributed by atoms with Crippen LogP contribution < -0.4 is 4.72 Å². The molecular weight excluding hydrogens is 268 g/mol. The van der Waals surface area contributed by atoms with Crippen molar-refractivity contribution in [2.24, 2.45) is 0 Å². The van der Waals surface area contributed by atoms with E-state index in [-0.39, 0.29) is 18.0 Å². The van der Waals surface area contributed by atoms with Crippen molar-refractivity contribution in [2.45, 2.75) is 17.9 Å². The summed E-state index contributed by atoms with van der Waals surface area (Å²) in [6.07, 6.45) is -0.903. The Hall–Kier alpha value is -1.46. The Morgan fingerprint density at radius 3 is 2.74 bits per heavy atom. The van der Waals surface area contributed by atoms with Crippen LogP contribution in [-0.2, 0) is 14.8 Å². The van der Waals surface area contributed by atoms with Gasteiger partial charge in [0.15, 0.2) is 0 Å². The van der Waals surface area contributed by atoms with Gasteiger partial charge >= 0.3 is 0 Å². The Balaban J connectivity index is 2.84. The highest BCUT2D eigenvalue weighted by molar-refractivity contribution is 7.89. The quantitative estimate of drug-likeness (QED) is 0.774. The Labute approximate surface area is 112 Å². The molecule has 0 aliphatic rings. The van der Waals surface area contributed by atoms with Gasteiger partial charge in [0.25, 0.3) is 0 Å². The van der Waals surface area contributed by atoms with Crippen molar-refractivity contribution in [3.63, 3.8) is 0 Å². The highest BCUT2D eigenvalue weighted by Crippen LogP contribution is 2.14. The minimum Gasteiger partial charge on any atom is -0.389 e. The summed E-state index contributed by atoms with van der Waals surface area (Å²) >= 11 is 0. The van der Waals surface area contributed by atoms with Crippen LogP contribution in [-0.4, -0.2) is 39.9 Å². The van der Waals surface area contributed by atoms with Crippen LogP contribution in [0.3, 0.4) is 0 Å². The molecule has 19 heavy (non-hydrogen) atoms. The lowest BCUT2D eigenvalue weighted by atomic mass is 10.1. The molecule has 6 nitrogen and oxygen atoms in total. The van der Waals surface area contributed by atoms with E-state index in [2.05, 4.69) is 4.72 Å². The van der Waals surface area contributed by atoms with Gasteiger partial charge in [-0.15, -0.1) is 0 Å². The van der Waals surface area contributed by atoms with Crippen molar-refractivity contribution in [1.29, 1.82) is 5.26 Å². The van der Waals surface area contributed by atoms with E-state index in [0.717, 1.165) is 0 Å². The zero-order chi connectivity index (χ0) is 14.5. The van der Waals surface area contributed by atoms with Crippen molar-refractivity contribution >= 4 is 10.0 Å². The molecule has 0 aliphatic heterocycles. The minimum atomic E-state index is -3.70. The maximum Gasteiger partial charge on any atom is 0.240 e. The van der Waals surface area contributed by atoms with Crippen molar-refractivity contribution < 1.29 is 18.3 Å². The van der Waals surface area contributed by atoms with E-state index < -0.39 is 16.1 Å². The molecule has 0 spiro atoms. The third-order valence-corrected chi connectivity index (χ3v) is 3.92. The van der Waals surface area contributed by atoms with E-state index >= 15 is 0 Å². The zero-order valence-electron chi connectivity index (χ0n) is 10.8. The second-order valence-electron chi connectivity index (χ2n) is 4.05. The number of hydrogen-bond donors (Lipinski definition) is 2. The first kappa shape index (κ1) is 15.6. The van der Waals surface area contributed by atoms with Gasteiger partial charge in [0.2, 0.25) is 10.0 Å². The summed E-state index contributed by atoms with van der Waals surface area (Å²) in [7, 11) is -2.28. The summed E-state index contributed by atoms with van der Waals surface area (Å²) in [6.45, 7) is 1.58. The second-order valence-corrected chi connectivity index (χ2v) is 5.82. The summed E-state index contributed by atoms with van der Waals surface area (Å²) in [6, 6.07) is 6.20. The van der Waals surface area contributed by atoms with E-state index in [9.17, 15) is 13.5 Å². The first-order valence-corrected chi connectivity index (χ1v) is 7.06. The molecule has 1 atom stereocenters. The highest BCUT2D eigenvalue weighted by Gasteiger charge is 2.16. The summed E-state index contributed by atoms with van der Waals surface area (Å²) in [5.74, 6) is 0. The fourth-order valence-corrected chi connectivity index (χ4v) is 2.63. The molecule has 104 valence electrons. The molecule has 2 N–H and O–H groups in total. The maximum absolute atomic E-state index is 11.9. The monoisotopic (exact) mass is 284 g/mol. The molecule has 0 heterocycles. The minimum absolute atomic E-state index is 0.0505. The van der Waals surface area contributed by atoms with Crippen LogP contribution in [0.2, 0.25) is 0 Å². The number of ether oxygens (including phenoxy) is 1. The Morgan fingerprint density at radius 1 is 1.53 bits per heavy atom. The van der Waals surface area contributed by atoms with Gasteiger partial charge in [-0.05, 0) is 30.7 Å². The number of rotatable bonds is 6. The standard InChI is InChI=1S/C12H16N2O4S/c1-9-5-12(4-3-10(9)6-13)19(16,17)14-7-11(15)8-18-2/h3-5,11,14-15H,7-8H2,1-2H3. The van der Waals surface area contributed by atoms with Gasteiger partial charge in [-0.1, -0.05) is 0 Å². The van der Waals surface area contributed by atoms with E-state index in [1.54, 1.807) is 6.92 Å². The molecule has 1 aromatic rings. The van der Waals surface area contributed by atoms with Crippen LogP contribution >= 0.6 is 0 Å². The third kappa shape index (κ3) is 4.29. The van der Waals surface area contributed by atoms with Crippen LogP contribution in [0.4, 0.5) is 0 Å². The second kappa shape index (κ2) is 6.63. The molecule has 1 rings (SSSR count). The number of nitrogens with zero attached hydrogens (tertiary/aromatic N) is 1. The fourth-order valence-electron chi connectivity index (χ4n) is 1.47. The number of nitriles is 1. The summed E-state index contributed by atoms with van der Waals surface area (Å²) < 4.78 is 30.9. The number of nitrogens with one attached hydrogen (secondary N) is 1. The van der Waals surface area contributed by atoms with Crippen LogP contribution in [0, 0.1) is 18.3 Å². The molecule has 7 heteroatoms. The smallest absolute Gasteiger partial charge is 0.240 e. The number of methoxy groups -OCH3 is 1. The predicted octanol–water partition coefficient (Wildman–Crippen LogP) is 0.152. The Kier molecular flexibility index (Phi) is 5.44. The zero-order valence-corrected chi connectivity index (χ0v) is 11.6. The van der Waals surface area contributed by atoms with Gasteiger partial charge in [0.1, 0.15) is 0 Å². The molecule has 0 bridgehead atoms. The molecule has 0 saturated heterocycles. The molecular formula is C12H16N2O4S. The van der Waals surface area contributed by atoms with Gasteiger partial charge in [0, 0.05) is 13.7 Å². The Morgan fingerprint density at radius 2 is 2.21 bits per heavy atom. The summed E-state index contributed by atoms with van der Waals surface area (Å²) in [5.41, 5.74) is 1.01. The molecule has 0 radical (unpaired) electrons. The fraction of sp³-hybridized carbons (Fsp3) is 0.417.